The van der Waals surface area contributed by atoms with Crippen LogP contribution in [0.3, 0.4) is 0 Å². The summed E-state index contributed by atoms with van der Waals surface area (Å²) >= 11 is 0. The first-order valence-corrected chi connectivity index (χ1v) is 9.97. The predicted octanol–water partition coefficient (Wildman–Crippen LogP) is 1.87. The molecule has 0 amide bonds. The molecule has 1 N–H and O–H groups in total. The van der Waals surface area contributed by atoms with Crippen LogP contribution in [0.1, 0.15) is 40.2 Å². The minimum absolute atomic E-state index is 0.0135. The van der Waals surface area contributed by atoms with Crippen LogP contribution in [0.25, 0.3) is 11.4 Å². The first-order chi connectivity index (χ1) is 12.3. The molecule has 0 aliphatic rings. The van der Waals surface area contributed by atoms with Crippen LogP contribution in [-0.2, 0) is 17.1 Å². The Morgan fingerprint density at radius 1 is 1.19 bits per heavy atom. The molecular formula is C17H25N5O4S. The molecule has 2 aromatic rings. The lowest BCUT2D eigenvalue weighted by atomic mass is 10.2. The Kier molecular flexibility index (Phi) is 5.60. The summed E-state index contributed by atoms with van der Waals surface area (Å²) in [5.41, 5.74) is 0.324. The quantitative estimate of drug-likeness (QED) is 0.821. The van der Waals surface area contributed by atoms with E-state index in [-0.39, 0.29) is 23.3 Å². The van der Waals surface area contributed by atoms with Crippen molar-refractivity contribution in [2.24, 2.45) is 7.05 Å². The van der Waals surface area contributed by atoms with E-state index in [0.29, 0.717) is 11.1 Å². The Hall–Kier alpha value is -2.49. The van der Waals surface area contributed by atoms with Crippen molar-refractivity contribution < 1.29 is 13.2 Å². The monoisotopic (exact) mass is 395 g/mol. The van der Waals surface area contributed by atoms with E-state index in [1.165, 1.54) is 4.57 Å². The molecule has 10 heteroatoms. The Bertz CT molecular complexity index is 981. The number of sulfonamides is 1. The maximum absolute atomic E-state index is 12.2. The van der Waals surface area contributed by atoms with Gasteiger partial charge in [0.15, 0.2) is 5.82 Å². The van der Waals surface area contributed by atoms with E-state index in [1.807, 2.05) is 20.8 Å². The Morgan fingerprint density at radius 2 is 1.81 bits per heavy atom. The van der Waals surface area contributed by atoms with Gasteiger partial charge in [-0.25, -0.2) is 8.42 Å². The number of ether oxygens (including phenoxy) is 1. The summed E-state index contributed by atoms with van der Waals surface area (Å²) in [5.74, 6) is 0.0591. The largest absolute Gasteiger partial charge is 0.458 e. The third kappa shape index (κ3) is 5.25. The average molecular weight is 395 g/mol. The zero-order chi connectivity index (χ0) is 20.6. The Labute approximate surface area is 158 Å². The second kappa shape index (κ2) is 7.26. The van der Waals surface area contributed by atoms with Crippen LogP contribution >= 0.6 is 0 Å². The summed E-state index contributed by atoms with van der Waals surface area (Å²) in [5, 5.41) is -0.663. The highest BCUT2D eigenvalue weighted by atomic mass is 32.2. The molecule has 2 aromatic heterocycles. The number of rotatable bonds is 5. The molecular weight excluding hydrogens is 370 g/mol. The lowest BCUT2D eigenvalue weighted by Crippen LogP contribution is -2.26. The number of aryl methyl sites for hydroxylation is 2. The van der Waals surface area contributed by atoms with Gasteiger partial charge in [-0.1, -0.05) is 0 Å². The van der Waals surface area contributed by atoms with Gasteiger partial charge in [0.25, 0.3) is 5.56 Å². The number of pyridine rings is 1. The van der Waals surface area contributed by atoms with Crippen molar-refractivity contribution in [1.29, 1.82) is 0 Å². The van der Waals surface area contributed by atoms with Gasteiger partial charge in [-0.2, -0.15) is 15.0 Å². The van der Waals surface area contributed by atoms with Crippen LogP contribution in [0.4, 0.5) is 5.95 Å². The third-order valence-electron chi connectivity index (χ3n) is 3.49. The number of nitrogens with zero attached hydrogens (tertiary/aromatic N) is 4. The summed E-state index contributed by atoms with van der Waals surface area (Å²) in [6, 6.07) is 1.62. The summed E-state index contributed by atoms with van der Waals surface area (Å²) in [4.78, 5) is 24.5. The van der Waals surface area contributed by atoms with E-state index in [9.17, 15) is 13.2 Å². The maximum Gasteiger partial charge on any atom is 0.322 e. The molecule has 27 heavy (non-hydrogen) atoms. The van der Waals surface area contributed by atoms with Gasteiger partial charge in [0.2, 0.25) is 16.0 Å². The van der Waals surface area contributed by atoms with Gasteiger partial charge >= 0.3 is 6.01 Å². The van der Waals surface area contributed by atoms with Gasteiger partial charge < -0.3 is 9.30 Å². The van der Waals surface area contributed by atoms with Gasteiger partial charge in [-0.3, -0.25) is 9.52 Å². The lowest BCUT2D eigenvalue weighted by molar-refractivity contribution is 0.117. The van der Waals surface area contributed by atoms with Gasteiger partial charge in [0.05, 0.1) is 5.25 Å². The van der Waals surface area contributed by atoms with Crippen molar-refractivity contribution in [1.82, 2.24) is 19.5 Å². The standard InChI is InChI=1S/C17H25N5O4S/c1-10(2)27(24,25)21-15-18-13(19-16(20-15)26-17(4,5)6)12-8-11(3)14(23)22(7)9-12/h8-10H,1-7H3,(H,18,19,20,21). The second-order valence-electron chi connectivity index (χ2n) is 7.50. The lowest BCUT2D eigenvalue weighted by Gasteiger charge is -2.20. The molecule has 0 fully saturated rings. The zero-order valence-electron chi connectivity index (χ0n) is 16.6. The third-order valence-corrected chi connectivity index (χ3v) is 5.20. The van der Waals surface area contributed by atoms with Crippen molar-refractivity contribution in [3.8, 4) is 17.4 Å². The van der Waals surface area contributed by atoms with E-state index in [0.717, 1.165) is 0 Å². The molecule has 0 saturated heterocycles. The summed E-state index contributed by atoms with van der Waals surface area (Å²) < 4.78 is 33.9. The van der Waals surface area contributed by atoms with Crippen LogP contribution in [0, 0.1) is 6.92 Å². The Balaban J connectivity index is 2.61. The predicted molar refractivity (Wildman–Crippen MR) is 103 cm³/mol. The smallest absolute Gasteiger partial charge is 0.322 e. The number of hydrogen-bond donors (Lipinski definition) is 1. The molecule has 0 radical (unpaired) electrons. The first kappa shape index (κ1) is 20.8. The highest BCUT2D eigenvalue weighted by Crippen LogP contribution is 2.22. The molecule has 0 aliphatic carbocycles. The summed E-state index contributed by atoms with van der Waals surface area (Å²) in [6.45, 7) is 10.3. The number of anilines is 1. The van der Waals surface area contributed by atoms with Gasteiger partial charge in [0, 0.05) is 24.4 Å². The zero-order valence-corrected chi connectivity index (χ0v) is 17.4. The molecule has 0 unspecified atom stereocenters. The fourth-order valence-corrected chi connectivity index (χ4v) is 2.68. The van der Waals surface area contributed by atoms with Crippen LogP contribution in [-0.4, -0.2) is 38.8 Å². The number of nitrogens with one attached hydrogen (secondary N) is 1. The van der Waals surface area contributed by atoms with Crippen LogP contribution in [0.5, 0.6) is 6.01 Å². The molecule has 0 spiro atoms. The van der Waals surface area contributed by atoms with Crippen molar-refractivity contribution in [3.63, 3.8) is 0 Å². The summed E-state index contributed by atoms with van der Waals surface area (Å²) in [7, 11) is -2.03. The fourth-order valence-electron chi connectivity index (χ4n) is 2.10. The minimum Gasteiger partial charge on any atom is -0.458 e. The van der Waals surface area contributed by atoms with Crippen LogP contribution in [0.2, 0.25) is 0 Å². The molecule has 0 aromatic carbocycles. The Morgan fingerprint density at radius 3 is 2.33 bits per heavy atom. The van der Waals surface area contributed by atoms with Crippen molar-refractivity contribution in [3.05, 3.63) is 28.2 Å². The highest BCUT2D eigenvalue weighted by molar-refractivity contribution is 7.93. The van der Waals surface area contributed by atoms with E-state index in [2.05, 4.69) is 19.7 Å². The van der Waals surface area contributed by atoms with Crippen LogP contribution in [0.15, 0.2) is 17.1 Å². The van der Waals surface area contributed by atoms with E-state index < -0.39 is 20.9 Å². The van der Waals surface area contributed by atoms with Gasteiger partial charge in [-0.15, -0.1) is 0 Å². The molecule has 0 bridgehead atoms. The highest BCUT2D eigenvalue weighted by Gasteiger charge is 2.21. The second-order valence-corrected chi connectivity index (χ2v) is 9.74. The molecule has 0 atom stereocenters. The van der Waals surface area contributed by atoms with E-state index >= 15 is 0 Å². The molecule has 2 rings (SSSR count). The molecule has 2 heterocycles. The number of hydrogen-bond acceptors (Lipinski definition) is 7. The average Bonchev–Trinajstić information content (AvgIpc) is 2.49. The van der Waals surface area contributed by atoms with Crippen molar-refractivity contribution >= 4 is 16.0 Å². The van der Waals surface area contributed by atoms with Crippen molar-refractivity contribution in [2.75, 3.05) is 4.72 Å². The van der Waals surface area contributed by atoms with E-state index in [4.69, 9.17) is 4.74 Å². The topological polar surface area (TPSA) is 116 Å². The summed E-state index contributed by atoms with van der Waals surface area (Å²) in [6.07, 6.45) is 1.58. The molecule has 148 valence electrons. The van der Waals surface area contributed by atoms with Crippen LogP contribution < -0.4 is 15.0 Å². The maximum atomic E-state index is 12.2. The molecule has 0 saturated carbocycles. The molecule has 9 nitrogen and oxygen atoms in total. The van der Waals surface area contributed by atoms with Gasteiger partial charge in [-0.05, 0) is 47.6 Å². The fraction of sp³-hybridized carbons (Fsp3) is 0.529. The normalized spacial score (nSPS) is 12.3. The first-order valence-electron chi connectivity index (χ1n) is 8.43. The van der Waals surface area contributed by atoms with Gasteiger partial charge in [0.1, 0.15) is 5.60 Å². The molecule has 0 aliphatic heterocycles. The number of aromatic nitrogens is 4. The van der Waals surface area contributed by atoms with E-state index in [1.54, 1.807) is 40.1 Å². The van der Waals surface area contributed by atoms with Crippen molar-refractivity contribution in [2.45, 2.75) is 52.4 Å². The minimum atomic E-state index is -3.65. The SMILES string of the molecule is Cc1cc(-c2nc(NS(=O)(=O)C(C)C)nc(OC(C)(C)C)n2)cn(C)c1=O.